The van der Waals surface area contributed by atoms with Crippen molar-refractivity contribution in [3.63, 3.8) is 0 Å². The van der Waals surface area contributed by atoms with Crippen LogP contribution < -0.4 is 10.6 Å². The summed E-state index contributed by atoms with van der Waals surface area (Å²) in [5.41, 5.74) is 0. The van der Waals surface area contributed by atoms with Gasteiger partial charge in [-0.05, 0) is 12.3 Å². The Kier molecular flexibility index (Phi) is 4.48. The molecule has 1 saturated heterocycles. The fourth-order valence-corrected chi connectivity index (χ4v) is 1.79. The normalized spacial score (nSPS) is 21.8. The van der Waals surface area contributed by atoms with Crippen molar-refractivity contribution in [3.8, 4) is 0 Å². The van der Waals surface area contributed by atoms with Crippen LogP contribution in [0.2, 0.25) is 0 Å². The number of nitrogens with one attached hydrogen (secondary N) is 2. The summed E-state index contributed by atoms with van der Waals surface area (Å²) in [5.74, 6) is -2.15. The van der Waals surface area contributed by atoms with E-state index in [9.17, 15) is 14.4 Å². The summed E-state index contributed by atoms with van der Waals surface area (Å²) in [6.07, 6.45) is 0.693. The molecule has 0 aromatic heterocycles. The Morgan fingerprint density at radius 1 is 1.47 bits per heavy atom. The number of hydrogen-bond acceptors (Lipinski definition) is 3. The zero-order valence-electron chi connectivity index (χ0n) is 10.0. The Hall–Kier alpha value is -1.59. The predicted molar refractivity (Wildman–Crippen MR) is 60.1 cm³/mol. The van der Waals surface area contributed by atoms with Crippen molar-refractivity contribution in [3.05, 3.63) is 0 Å². The Labute approximate surface area is 99.8 Å². The third kappa shape index (κ3) is 3.72. The second-order valence-electron chi connectivity index (χ2n) is 4.61. The highest BCUT2D eigenvalue weighted by Crippen LogP contribution is 2.13. The van der Waals surface area contributed by atoms with E-state index in [1.165, 1.54) is 0 Å². The Balaban J connectivity index is 2.57. The van der Waals surface area contributed by atoms with Crippen LogP contribution in [-0.2, 0) is 14.4 Å². The molecule has 0 bridgehead atoms. The van der Waals surface area contributed by atoms with E-state index in [4.69, 9.17) is 5.11 Å². The molecule has 0 aromatic rings. The summed E-state index contributed by atoms with van der Waals surface area (Å²) >= 11 is 0. The summed E-state index contributed by atoms with van der Waals surface area (Å²) in [5, 5.41) is 14.1. The van der Waals surface area contributed by atoms with Gasteiger partial charge in [-0.3, -0.25) is 9.59 Å². The van der Waals surface area contributed by atoms with E-state index < -0.39 is 17.9 Å². The largest absolute Gasteiger partial charge is 0.480 e. The van der Waals surface area contributed by atoms with Crippen molar-refractivity contribution in [2.75, 3.05) is 6.54 Å². The predicted octanol–water partition coefficient (Wildman–Crippen LogP) is -0.262. The molecule has 6 heteroatoms. The number of carbonyl (C=O) groups excluding carboxylic acids is 2. The summed E-state index contributed by atoms with van der Waals surface area (Å²) in [6.45, 7) is 3.93. The van der Waals surface area contributed by atoms with Crippen molar-refractivity contribution in [2.45, 2.75) is 32.7 Å². The Morgan fingerprint density at radius 3 is 2.59 bits per heavy atom. The minimum absolute atomic E-state index is 0.135. The van der Waals surface area contributed by atoms with Crippen LogP contribution in [0.5, 0.6) is 0 Å². The second kappa shape index (κ2) is 5.65. The second-order valence-corrected chi connectivity index (χ2v) is 4.61. The van der Waals surface area contributed by atoms with Crippen LogP contribution in [-0.4, -0.2) is 35.5 Å². The van der Waals surface area contributed by atoms with Crippen LogP contribution in [0, 0.1) is 11.8 Å². The Morgan fingerprint density at radius 2 is 2.12 bits per heavy atom. The molecule has 0 aliphatic carbocycles. The van der Waals surface area contributed by atoms with Gasteiger partial charge in [0, 0.05) is 18.9 Å². The van der Waals surface area contributed by atoms with Gasteiger partial charge in [-0.1, -0.05) is 13.8 Å². The lowest BCUT2D eigenvalue weighted by Gasteiger charge is -2.24. The van der Waals surface area contributed by atoms with E-state index in [0.29, 0.717) is 13.0 Å². The fourth-order valence-electron chi connectivity index (χ4n) is 1.79. The standard InChI is InChI=1S/C11H18N2O4/c1-6(2)9(11(16)17)13-10(15)7-3-4-12-8(14)5-7/h6-7,9H,3-5H2,1-2H3,(H,12,14)(H,13,15)(H,16,17)/t7-,9-/m0/s1. The number of amides is 2. The highest BCUT2D eigenvalue weighted by molar-refractivity contribution is 5.89. The van der Waals surface area contributed by atoms with Crippen LogP contribution >= 0.6 is 0 Å². The van der Waals surface area contributed by atoms with Crippen LogP contribution in [0.1, 0.15) is 26.7 Å². The molecule has 3 N–H and O–H groups in total. The van der Waals surface area contributed by atoms with Crippen LogP contribution in [0.25, 0.3) is 0 Å². The first-order valence-electron chi connectivity index (χ1n) is 5.71. The number of hydrogen-bond donors (Lipinski definition) is 3. The van der Waals surface area contributed by atoms with Gasteiger partial charge in [0.25, 0.3) is 0 Å². The van der Waals surface area contributed by atoms with Crippen molar-refractivity contribution >= 4 is 17.8 Å². The van der Waals surface area contributed by atoms with Crippen LogP contribution in [0.4, 0.5) is 0 Å². The maximum absolute atomic E-state index is 11.8. The summed E-state index contributed by atoms with van der Waals surface area (Å²) in [6, 6.07) is -0.896. The topological polar surface area (TPSA) is 95.5 Å². The molecule has 6 nitrogen and oxygen atoms in total. The van der Waals surface area contributed by atoms with Gasteiger partial charge in [0.15, 0.2) is 0 Å². The molecule has 1 aliphatic heterocycles. The maximum atomic E-state index is 11.8. The molecule has 1 heterocycles. The minimum Gasteiger partial charge on any atom is -0.480 e. The van der Waals surface area contributed by atoms with Crippen LogP contribution in [0.15, 0.2) is 0 Å². The molecule has 0 aromatic carbocycles. The zero-order chi connectivity index (χ0) is 13.0. The van der Waals surface area contributed by atoms with Gasteiger partial charge in [0.2, 0.25) is 11.8 Å². The van der Waals surface area contributed by atoms with Gasteiger partial charge in [-0.25, -0.2) is 4.79 Å². The van der Waals surface area contributed by atoms with Gasteiger partial charge in [-0.2, -0.15) is 0 Å². The van der Waals surface area contributed by atoms with E-state index in [2.05, 4.69) is 10.6 Å². The SMILES string of the molecule is CC(C)[C@H](NC(=O)[C@H]1CCNC(=O)C1)C(=O)O. The van der Waals surface area contributed by atoms with E-state index in [1.54, 1.807) is 13.8 Å². The first kappa shape index (κ1) is 13.5. The maximum Gasteiger partial charge on any atom is 0.326 e. The third-order valence-electron chi connectivity index (χ3n) is 2.85. The highest BCUT2D eigenvalue weighted by atomic mass is 16.4. The number of piperidine rings is 1. The van der Waals surface area contributed by atoms with Gasteiger partial charge in [0.05, 0.1) is 0 Å². The van der Waals surface area contributed by atoms with Crippen molar-refractivity contribution in [1.29, 1.82) is 0 Å². The summed E-state index contributed by atoms with van der Waals surface area (Å²) in [7, 11) is 0. The third-order valence-corrected chi connectivity index (χ3v) is 2.85. The molecule has 0 unspecified atom stereocenters. The van der Waals surface area contributed by atoms with Crippen molar-refractivity contribution in [1.82, 2.24) is 10.6 Å². The monoisotopic (exact) mass is 242 g/mol. The number of carbonyl (C=O) groups is 3. The van der Waals surface area contributed by atoms with Gasteiger partial charge >= 0.3 is 5.97 Å². The molecule has 17 heavy (non-hydrogen) atoms. The van der Waals surface area contributed by atoms with Crippen molar-refractivity contribution < 1.29 is 19.5 Å². The smallest absolute Gasteiger partial charge is 0.326 e. The molecule has 0 spiro atoms. The van der Waals surface area contributed by atoms with Gasteiger partial charge in [-0.15, -0.1) is 0 Å². The lowest BCUT2D eigenvalue weighted by molar-refractivity contribution is -0.144. The minimum atomic E-state index is -1.05. The lowest BCUT2D eigenvalue weighted by Crippen LogP contribution is -2.49. The van der Waals surface area contributed by atoms with Gasteiger partial charge < -0.3 is 15.7 Å². The molecule has 1 aliphatic rings. The molecule has 2 amide bonds. The van der Waals surface area contributed by atoms with E-state index in [0.717, 1.165) is 0 Å². The summed E-state index contributed by atoms with van der Waals surface area (Å²) in [4.78, 5) is 33.9. The van der Waals surface area contributed by atoms with Crippen LogP contribution in [0.3, 0.4) is 0 Å². The summed E-state index contributed by atoms with van der Waals surface area (Å²) < 4.78 is 0. The number of carboxylic acid groups (broad SMARTS) is 1. The molecule has 1 fully saturated rings. The van der Waals surface area contributed by atoms with E-state index in [1.807, 2.05) is 0 Å². The average Bonchev–Trinajstić information content (AvgIpc) is 2.24. The zero-order valence-corrected chi connectivity index (χ0v) is 10.0. The Bertz CT molecular complexity index is 327. The van der Waals surface area contributed by atoms with Gasteiger partial charge in [0.1, 0.15) is 6.04 Å². The molecule has 2 atom stereocenters. The molecule has 0 radical (unpaired) electrons. The molecular formula is C11H18N2O4. The first-order chi connectivity index (χ1) is 7.91. The highest BCUT2D eigenvalue weighted by Gasteiger charge is 2.30. The molecule has 1 rings (SSSR count). The number of aliphatic carboxylic acids is 1. The lowest BCUT2D eigenvalue weighted by atomic mass is 9.95. The quantitative estimate of drug-likeness (QED) is 0.632. The fraction of sp³-hybridized carbons (Fsp3) is 0.727. The molecular weight excluding hydrogens is 224 g/mol. The van der Waals surface area contributed by atoms with Crippen molar-refractivity contribution in [2.24, 2.45) is 11.8 Å². The average molecular weight is 242 g/mol. The molecule has 96 valence electrons. The number of carboxylic acids is 1. The first-order valence-corrected chi connectivity index (χ1v) is 5.71. The molecule has 0 saturated carbocycles. The van der Waals surface area contributed by atoms with E-state index >= 15 is 0 Å². The number of rotatable bonds is 4. The van der Waals surface area contributed by atoms with E-state index in [-0.39, 0.29) is 24.2 Å².